The normalized spacial score (nSPS) is 19.5. The number of hydrogen-bond acceptors (Lipinski definition) is 5. The van der Waals surface area contributed by atoms with E-state index < -0.39 is 11.4 Å². The fraction of sp³-hybridized carbons (Fsp3) is 0.316. The second kappa shape index (κ2) is 7.39. The number of thiophene rings is 1. The second-order valence-electron chi connectivity index (χ2n) is 6.35. The Hall–Kier alpha value is -2.51. The van der Waals surface area contributed by atoms with Crippen LogP contribution in [0.2, 0.25) is 0 Å². The lowest BCUT2D eigenvalue weighted by Gasteiger charge is -2.24. The van der Waals surface area contributed by atoms with Gasteiger partial charge in [-0.2, -0.15) is 0 Å². The van der Waals surface area contributed by atoms with Gasteiger partial charge in [-0.1, -0.05) is 24.3 Å². The van der Waals surface area contributed by atoms with Crippen molar-refractivity contribution < 1.29 is 24.2 Å². The van der Waals surface area contributed by atoms with Crippen LogP contribution in [0, 0.1) is 5.41 Å². The molecule has 26 heavy (non-hydrogen) atoms. The summed E-state index contributed by atoms with van der Waals surface area (Å²) in [5.74, 6) is -1.51. The third-order valence-corrected chi connectivity index (χ3v) is 5.53. The monoisotopic (exact) mass is 373 g/mol. The Morgan fingerprint density at radius 2 is 1.92 bits per heavy atom. The predicted octanol–water partition coefficient (Wildman–Crippen LogP) is 2.54. The van der Waals surface area contributed by atoms with Gasteiger partial charge in [0, 0.05) is 25.8 Å². The molecule has 3 rings (SSSR count). The van der Waals surface area contributed by atoms with Crippen LogP contribution in [-0.2, 0) is 9.53 Å². The Kier molecular flexibility index (Phi) is 5.20. The fourth-order valence-corrected chi connectivity index (χ4v) is 3.93. The topological polar surface area (TPSA) is 83.9 Å². The number of ether oxygens (including phenoxy) is 1. The van der Waals surface area contributed by atoms with Crippen molar-refractivity contribution in [3.63, 3.8) is 0 Å². The van der Waals surface area contributed by atoms with E-state index in [1.165, 1.54) is 23.3 Å². The number of nitrogens with zero attached hydrogens (tertiary/aromatic N) is 1. The molecule has 1 aliphatic heterocycles. The third-order valence-electron chi connectivity index (χ3n) is 4.66. The summed E-state index contributed by atoms with van der Waals surface area (Å²) in [6.45, 7) is 0.425. The Morgan fingerprint density at radius 3 is 2.54 bits per heavy atom. The van der Waals surface area contributed by atoms with E-state index in [1.807, 2.05) is 5.38 Å². The number of hydrogen-bond donors (Lipinski definition) is 1. The average Bonchev–Trinajstić information content (AvgIpc) is 3.31. The summed E-state index contributed by atoms with van der Waals surface area (Å²) in [5.41, 5.74) is -0.471. The van der Waals surface area contributed by atoms with Crippen molar-refractivity contribution in [1.82, 2.24) is 4.90 Å². The molecule has 2 aromatic rings. The molecule has 1 fully saturated rings. The summed E-state index contributed by atoms with van der Waals surface area (Å²) >= 11 is 1.32. The van der Waals surface area contributed by atoms with Gasteiger partial charge in [0.1, 0.15) is 5.41 Å². The van der Waals surface area contributed by atoms with Crippen molar-refractivity contribution in [3.8, 4) is 0 Å². The third kappa shape index (κ3) is 3.27. The number of carbonyl (C=O) groups is 3. The summed E-state index contributed by atoms with van der Waals surface area (Å²) in [4.78, 5) is 39.4. The molecule has 0 aliphatic carbocycles. The highest BCUT2D eigenvalue weighted by molar-refractivity contribution is 7.12. The number of benzene rings is 1. The minimum atomic E-state index is -1.10. The number of ketones is 1. The first kappa shape index (κ1) is 18.3. The van der Waals surface area contributed by atoms with Gasteiger partial charge in [0.25, 0.3) is 5.91 Å². The van der Waals surface area contributed by atoms with Crippen molar-refractivity contribution in [3.05, 3.63) is 57.8 Å². The van der Waals surface area contributed by atoms with Crippen molar-refractivity contribution >= 4 is 29.0 Å². The maximum absolute atomic E-state index is 13.0. The molecule has 1 saturated heterocycles. The van der Waals surface area contributed by atoms with Crippen LogP contribution in [0.4, 0.5) is 0 Å². The summed E-state index contributed by atoms with van der Waals surface area (Å²) in [7, 11) is 1.45. The molecule has 0 bridgehead atoms. The first-order valence-corrected chi connectivity index (χ1v) is 9.05. The van der Waals surface area contributed by atoms with Crippen LogP contribution >= 0.6 is 11.3 Å². The number of carboxylic acid groups (broad SMARTS) is 1. The molecule has 6 nitrogen and oxygen atoms in total. The molecule has 1 N–H and O–H groups in total. The zero-order valence-electron chi connectivity index (χ0n) is 14.3. The Balaban J connectivity index is 1.88. The van der Waals surface area contributed by atoms with E-state index in [-0.39, 0.29) is 24.8 Å². The van der Waals surface area contributed by atoms with Crippen LogP contribution in [0.25, 0.3) is 0 Å². The zero-order valence-corrected chi connectivity index (χ0v) is 15.1. The van der Waals surface area contributed by atoms with E-state index in [1.54, 1.807) is 36.4 Å². The van der Waals surface area contributed by atoms with Crippen LogP contribution < -0.4 is 0 Å². The number of aliphatic carboxylic acids is 1. The SMILES string of the molecule is COCC1(C(=O)O)CCN(C(=O)c2ccccc2C(=O)c2cccs2)C1. The van der Waals surface area contributed by atoms with Crippen LogP contribution in [0.15, 0.2) is 41.8 Å². The van der Waals surface area contributed by atoms with Crippen molar-refractivity contribution in [2.24, 2.45) is 5.41 Å². The molecule has 0 spiro atoms. The molecule has 2 heterocycles. The van der Waals surface area contributed by atoms with Crippen LogP contribution in [0.5, 0.6) is 0 Å². The highest BCUT2D eigenvalue weighted by Gasteiger charge is 2.46. The lowest BCUT2D eigenvalue weighted by atomic mass is 9.88. The van der Waals surface area contributed by atoms with E-state index in [9.17, 15) is 19.5 Å². The molecule has 1 aromatic carbocycles. The Morgan fingerprint density at radius 1 is 1.19 bits per heavy atom. The molecule has 1 aliphatic rings. The number of methoxy groups -OCH3 is 1. The minimum absolute atomic E-state index is 0.0435. The van der Waals surface area contributed by atoms with E-state index >= 15 is 0 Å². The molecule has 1 atom stereocenters. The van der Waals surface area contributed by atoms with Gasteiger partial charge in [-0.15, -0.1) is 11.3 Å². The van der Waals surface area contributed by atoms with Crippen LogP contribution in [-0.4, -0.2) is 54.5 Å². The van der Waals surface area contributed by atoms with Gasteiger partial charge >= 0.3 is 5.97 Å². The lowest BCUT2D eigenvalue weighted by Crippen LogP contribution is -2.40. The molecular weight excluding hydrogens is 354 g/mol. The zero-order chi connectivity index (χ0) is 18.7. The van der Waals surface area contributed by atoms with Crippen molar-refractivity contribution in [2.45, 2.75) is 6.42 Å². The molecule has 7 heteroatoms. The largest absolute Gasteiger partial charge is 0.481 e. The van der Waals surface area contributed by atoms with Crippen molar-refractivity contribution in [1.29, 1.82) is 0 Å². The predicted molar refractivity (Wildman–Crippen MR) is 96.7 cm³/mol. The van der Waals surface area contributed by atoms with Crippen LogP contribution in [0.1, 0.15) is 32.0 Å². The number of rotatable bonds is 6. The van der Waals surface area contributed by atoms with Gasteiger partial charge in [-0.05, 0) is 23.9 Å². The van der Waals surface area contributed by atoms with E-state index in [0.717, 1.165) is 0 Å². The minimum Gasteiger partial charge on any atom is -0.481 e. The molecule has 1 unspecified atom stereocenters. The molecule has 0 saturated carbocycles. The van der Waals surface area contributed by atoms with Gasteiger partial charge in [0.05, 0.1) is 17.0 Å². The maximum Gasteiger partial charge on any atom is 0.313 e. The second-order valence-corrected chi connectivity index (χ2v) is 7.29. The summed E-state index contributed by atoms with van der Waals surface area (Å²) < 4.78 is 5.06. The summed E-state index contributed by atoms with van der Waals surface area (Å²) in [5, 5.41) is 11.4. The number of carboxylic acids is 1. The Labute approximate surface area is 155 Å². The number of likely N-dealkylation sites (tertiary alicyclic amines) is 1. The van der Waals surface area contributed by atoms with Gasteiger partial charge in [-0.3, -0.25) is 14.4 Å². The average molecular weight is 373 g/mol. The van der Waals surface area contributed by atoms with Gasteiger partial charge in [-0.25, -0.2) is 0 Å². The van der Waals surface area contributed by atoms with E-state index in [0.29, 0.717) is 29.0 Å². The number of amides is 1. The van der Waals surface area contributed by atoms with E-state index in [4.69, 9.17) is 4.74 Å². The van der Waals surface area contributed by atoms with Crippen LogP contribution in [0.3, 0.4) is 0 Å². The fourth-order valence-electron chi connectivity index (χ4n) is 3.25. The maximum atomic E-state index is 13.0. The molecule has 1 aromatic heterocycles. The summed E-state index contributed by atoms with van der Waals surface area (Å²) in [6.07, 6.45) is 0.322. The summed E-state index contributed by atoms with van der Waals surface area (Å²) in [6, 6.07) is 10.2. The van der Waals surface area contributed by atoms with Gasteiger partial charge in [0.15, 0.2) is 0 Å². The molecular formula is C19H19NO5S. The quantitative estimate of drug-likeness (QED) is 0.787. The van der Waals surface area contributed by atoms with E-state index in [2.05, 4.69) is 0 Å². The van der Waals surface area contributed by atoms with Crippen molar-refractivity contribution in [2.75, 3.05) is 26.8 Å². The molecule has 0 radical (unpaired) electrons. The Bertz CT molecular complexity index is 832. The van der Waals surface area contributed by atoms with Gasteiger partial charge < -0.3 is 14.7 Å². The van der Waals surface area contributed by atoms with Gasteiger partial charge in [0.2, 0.25) is 5.78 Å². The first-order valence-electron chi connectivity index (χ1n) is 8.17. The molecule has 136 valence electrons. The smallest absolute Gasteiger partial charge is 0.313 e. The first-order chi connectivity index (χ1) is 12.5. The lowest BCUT2D eigenvalue weighted by molar-refractivity contribution is -0.151. The standard InChI is InChI=1S/C19H19NO5S/c1-25-12-19(18(23)24)8-9-20(11-19)17(22)14-6-3-2-5-13(14)16(21)15-7-4-10-26-15/h2-7,10H,8-9,11-12H2,1H3,(H,23,24). The molecule has 1 amide bonds. The highest BCUT2D eigenvalue weighted by Crippen LogP contribution is 2.32. The number of carbonyl (C=O) groups excluding carboxylic acids is 2. The highest BCUT2D eigenvalue weighted by atomic mass is 32.1.